The van der Waals surface area contributed by atoms with Crippen molar-refractivity contribution in [3.05, 3.63) is 51.4 Å². The third-order valence-corrected chi connectivity index (χ3v) is 3.12. The Hall–Kier alpha value is -3.17. The predicted molar refractivity (Wildman–Crippen MR) is 70.3 cm³/mol. The molecule has 114 valence electrons. The van der Waals surface area contributed by atoms with Gasteiger partial charge in [-0.2, -0.15) is 5.10 Å². The van der Waals surface area contributed by atoms with Crippen LogP contribution in [0.1, 0.15) is 22.8 Å². The minimum absolute atomic E-state index is 0.0883. The molecule has 10 nitrogen and oxygen atoms in total. The van der Waals surface area contributed by atoms with Crippen LogP contribution in [0.5, 0.6) is 0 Å². The van der Waals surface area contributed by atoms with Crippen molar-refractivity contribution in [1.29, 1.82) is 0 Å². The van der Waals surface area contributed by atoms with Crippen LogP contribution < -0.4 is 9.74 Å². The van der Waals surface area contributed by atoms with Gasteiger partial charge in [-0.25, -0.2) is 0 Å². The Morgan fingerprint density at radius 1 is 1.59 bits per heavy atom. The van der Waals surface area contributed by atoms with E-state index in [9.17, 15) is 15.2 Å². The maximum atomic E-state index is 12.3. The van der Waals surface area contributed by atoms with E-state index in [1.165, 1.54) is 17.8 Å². The summed E-state index contributed by atoms with van der Waals surface area (Å²) in [5.74, 6) is -0.216. The zero-order chi connectivity index (χ0) is 15.9. The fourth-order valence-electron chi connectivity index (χ4n) is 2.17. The Kier molecular flexibility index (Phi) is 3.13. The van der Waals surface area contributed by atoms with Crippen LogP contribution in [0.25, 0.3) is 0 Å². The number of nitrogens with one attached hydrogen (secondary N) is 1. The second-order valence-electron chi connectivity index (χ2n) is 4.65. The monoisotopic (exact) mass is 304 g/mol. The molecular formula is C12H12N6O4. The minimum Gasteiger partial charge on any atom is -0.856 e. The van der Waals surface area contributed by atoms with Crippen molar-refractivity contribution < 1.29 is 19.1 Å². The number of aromatic nitrogens is 4. The van der Waals surface area contributed by atoms with Gasteiger partial charge in [0.2, 0.25) is 0 Å². The molecule has 0 saturated heterocycles. The number of aliphatic imine (C=N–C) groups is 1. The van der Waals surface area contributed by atoms with Crippen LogP contribution in [0.2, 0.25) is 0 Å². The zero-order valence-corrected chi connectivity index (χ0v) is 11.8. The molecule has 1 N–H and O–H groups in total. The average Bonchev–Trinajstić information content (AvgIpc) is 3.11. The van der Waals surface area contributed by atoms with Gasteiger partial charge >= 0.3 is 5.82 Å². The topological polar surface area (TPSA) is 129 Å². The number of fused-ring (bicyclic) bond motifs is 1. The average molecular weight is 304 g/mol. The molecule has 0 aliphatic carbocycles. The number of hydrogen-bond acceptors (Lipinski definition) is 6. The molecule has 3 aromatic rings. The number of nitro groups is 1. The summed E-state index contributed by atoms with van der Waals surface area (Å²) in [7, 11) is 0. The first kappa shape index (κ1) is 13.8. The molecule has 0 atom stereocenters. The smallest absolute Gasteiger partial charge is 0.436 e. The van der Waals surface area contributed by atoms with Gasteiger partial charge in [0.1, 0.15) is 10.9 Å². The Morgan fingerprint density at radius 3 is 3.00 bits per heavy atom. The molecule has 0 bridgehead atoms. The van der Waals surface area contributed by atoms with Crippen LogP contribution in [0.3, 0.4) is 0 Å². The molecule has 3 heterocycles. The molecule has 0 aliphatic rings. The molecule has 0 aromatic carbocycles. The van der Waals surface area contributed by atoms with E-state index in [4.69, 9.17) is 4.42 Å². The van der Waals surface area contributed by atoms with Crippen LogP contribution in [-0.4, -0.2) is 25.6 Å². The molecule has 3 rings (SSSR count). The molecule has 0 amide bonds. The van der Waals surface area contributed by atoms with Crippen molar-refractivity contribution in [1.82, 2.24) is 14.8 Å². The quantitative estimate of drug-likeness (QED) is 0.232. The number of furan rings is 1. The molecule has 0 fully saturated rings. The Bertz CT molecular complexity index is 873. The standard InChI is InChI=1S/C12H12N6O4/c1-7-10(11(19)13-6-9-4-3-5-22-9)16-15-8(2)12(18(20)21)17(16)14-7/h3-5H,6H2,1-2H3,(H-,13,14,15,19). The van der Waals surface area contributed by atoms with Crippen LogP contribution in [0.15, 0.2) is 27.8 Å². The van der Waals surface area contributed by atoms with Gasteiger partial charge in [0.25, 0.3) is 11.4 Å². The lowest BCUT2D eigenvalue weighted by atomic mass is 10.3. The fraction of sp³-hybridized carbons (Fsp3) is 0.250. The van der Waals surface area contributed by atoms with Crippen molar-refractivity contribution in [3.63, 3.8) is 0 Å². The van der Waals surface area contributed by atoms with Gasteiger partial charge in [0.05, 0.1) is 12.8 Å². The molecule has 0 aliphatic heterocycles. The van der Waals surface area contributed by atoms with Crippen molar-refractivity contribution in [2.24, 2.45) is 4.99 Å². The number of aromatic amines is 1. The third-order valence-electron chi connectivity index (χ3n) is 3.12. The van der Waals surface area contributed by atoms with E-state index in [1.807, 2.05) is 0 Å². The van der Waals surface area contributed by atoms with Crippen molar-refractivity contribution >= 4 is 11.7 Å². The van der Waals surface area contributed by atoms with Gasteiger partial charge in [-0.15, -0.1) is 0 Å². The fourth-order valence-corrected chi connectivity index (χ4v) is 2.17. The van der Waals surface area contributed by atoms with Gasteiger partial charge in [0.15, 0.2) is 10.3 Å². The lowest BCUT2D eigenvalue weighted by molar-refractivity contribution is -0.683. The summed E-state index contributed by atoms with van der Waals surface area (Å²) < 4.78 is 7.36. The minimum atomic E-state index is -0.563. The second kappa shape index (κ2) is 4.98. The third kappa shape index (κ3) is 2.10. The highest BCUT2D eigenvalue weighted by atomic mass is 16.6. The number of rotatable bonds is 4. The van der Waals surface area contributed by atoms with Crippen molar-refractivity contribution in [3.8, 4) is 0 Å². The SMILES string of the molecule is Cc1nn2c([N+](=O)[O-])c(C)[nH][n+]2c1C([O-])=NCc1ccco1. The van der Waals surface area contributed by atoms with Crippen LogP contribution in [0, 0.1) is 24.0 Å². The van der Waals surface area contributed by atoms with Crippen LogP contribution in [-0.2, 0) is 6.54 Å². The second-order valence-corrected chi connectivity index (χ2v) is 4.65. The molecule has 0 radical (unpaired) electrons. The summed E-state index contributed by atoms with van der Waals surface area (Å²) in [4.78, 5) is 14.4. The van der Waals surface area contributed by atoms with Crippen LogP contribution >= 0.6 is 0 Å². The Morgan fingerprint density at radius 2 is 2.36 bits per heavy atom. The first-order valence-corrected chi connectivity index (χ1v) is 6.38. The zero-order valence-electron chi connectivity index (χ0n) is 11.8. The lowest BCUT2D eigenvalue weighted by Gasteiger charge is -2.03. The normalized spacial score (nSPS) is 12.2. The number of nitrogens with zero attached hydrogens (tertiary/aromatic N) is 5. The van der Waals surface area contributed by atoms with E-state index in [2.05, 4.69) is 15.2 Å². The van der Waals surface area contributed by atoms with E-state index in [-0.39, 0.29) is 23.8 Å². The van der Waals surface area contributed by atoms with E-state index >= 15 is 0 Å². The molecule has 0 spiro atoms. The summed E-state index contributed by atoms with van der Waals surface area (Å²) in [5.41, 5.74) is 0.771. The van der Waals surface area contributed by atoms with Gasteiger partial charge in [0, 0.05) is 17.5 Å². The number of hydrogen-bond donors (Lipinski definition) is 1. The predicted octanol–water partition coefficient (Wildman–Crippen LogP) is -0.327. The summed E-state index contributed by atoms with van der Waals surface area (Å²) in [6.45, 7) is 3.21. The number of aryl methyl sites for hydroxylation is 2. The molecule has 0 unspecified atom stereocenters. The largest absolute Gasteiger partial charge is 0.856 e. The van der Waals surface area contributed by atoms with E-state index in [1.54, 1.807) is 19.1 Å². The Labute approximate surface area is 123 Å². The molecule has 22 heavy (non-hydrogen) atoms. The first-order valence-electron chi connectivity index (χ1n) is 6.38. The van der Waals surface area contributed by atoms with E-state index in [0.717, 1.165) is 4.63 Å². The van der Waals surface area contributed by atoms with Gasteiger partial charge in [-0.3, -0.25) is 4.99 Å². The molecule has 3 aromatic heterocycles. The van der Waals surface area contributed by atoms with Gasteiger partial charge < -0.3 is 19.6 Å². The summed E-state index contributed by atoms with van der Waals surface area (Å²) in [6.07, 6.45) is 1.49. The van der Waals surface area contributed by atoms with E-state index < -0.39 is 10.8 Å². The van der Waals surface area contributed by atoms with Gasteiger partial charge in [-0.1, -0.05) is 0 Å². The van der Waals surface area contributed by atoms with Crippen LogP contribution in [0.4, 0.5) is 5.82 Å². The molecule has 0 saturated carbocycles. The molecule has 10 heteroatoms. The summed E-state index contributed by atoms with van der Waals surface area (Å²) >= 11 is 0. The van der Waals surface area contributed by atoms with E-state index in [0.29, 0.717) is 11.5 Å². The molecular weight excluding hydrogens is 292 g/mol. The maximum Gasteiger partial charge on any atom is 0.436 e. The number of H-pyrrole nitrogens is 1. The summed E-state index contributed by atoms with van der Waals surface area (Å²) in [5, 5.41) is 30.1. The lowest BCUT2D eigenvalue weighted by Crippen LogP contribution is -2.39. The van der Waals surface area contributed by atoms with Gasteiger partial charge in [-0.05, 0) is 24.0 Å². The van der Waals surface area contributed by atoms with Crippen molar-refractivity contribution in [2.45, 2.75) is 20.4 Å². The van der Waals surface area contributed by atoms with Crippen molar-refractivity contribution in [2.75, 3.05) is 0 Å². The highest BCUT2D eigenvalue weighted by Crippen LogP contribution is 2.13. The Balaban J connectivity index is 2.06. The highest BCUT2D eigenvalue weighted by Gasteiger charge is 2.33. The highest BCUT2D eigenvalue weighted by molar-refractivity contribution is 5.87. The maximum absolute atomic E-state index is 12.3. The summed E-state index contributed by atoms with van der Waals surface area (Å²) in [6, 6.07) is 3.40. The first-order chi connectivity index (χ1) is 10.5.